The molecule has 1 unspecified atom stereocenters. The van der Waals surface area contributed by atoms with Gasteiger partial charge in [-0.15, -0.1) is 0 Å². The van der Waals surface area contributed by atoms with Crippen LogP contribution in [0.2, 0.25) is 5.02 Å². The van der Waals surface area contributed by atoms with Crippen molar-refractivity contribution >= 4 is 35.1 Å². The van der Waals surface area contributed by atoms with Crippen LogP contribution in [-0.4, -0.2) is 85.9 Å². The molecule has 0 saturated carbocycles. The maximum atomic E-state index is 15.5. The van der Waals surface area contributed by atoms with Gasteiger partial charge in [0.15, 0.2) is 0 Å². The lowest BCUT2D eigenvalue weighted by atomic mass is 9.94. The Labute approximate surface area is 259 Å². The molecule has 4 amide bonds. The Morgan fingerprint density at radius 2 is 1.82 bits per heavy atom. The van der Waals surface area contributed by atoms with Crippen LogP contribution in [0.1, 0.15) is 11.1 Å². The minimum Gasteiger partial charge on any atom is -0.496 e. The van der Waals surface area contributed by atoms with Crippen molar-refractivity contribution < 1.29 is 33.4 Å². The van der Waals surface area contributed by atoms with Crippen molar-refractivity contribution in [2.45, 2.75) is 25.6 Å². The molecule has 2 heterocycles. The summed E-state index contributed by atoms with van der Waals surface area (Å²) in [4.78, 5) is 40.2. The zero-order valence-electron chi connectivity index (χ0n) is 24.8. The number of amides is 4. The van der Waals surface area contributed by atoms with Crippen molar-refractivity contribution in [3.8, 4) is 28.0 Å². The summed E-state index contributed by atoms with van der Waals surface area (Å²) in [6.07, 6.45) is -0.663. The molecule has 2 aliphatic rings. The number of rotatable bonds is 8. The van der Waals surface area contributed by atoms with E-state index in [9.17, 15) is 19.5 Å². The standard InChI is InChI=1S/C32H34ClFN4O6/c1-17-19(7-6-10-25(17)36-30(40)23-14-37(2)32(42)38(3)31(23)41)21-9-5-8-20(29(21)33)18-11-24(34)22(28(12-18)43-4)13-35-26-15-44-16-27(26)39/h5-12,23,26-27,35,39H,13-16H2,1-4H3,(H,36,40)/t23?,26-,27+/m0/s1. The van der Waals surface area contributed by atoms with E-state index >= 15 is 4.39 Å². The Hall–Kier alpha value is -4.03. The summed E-state index contributed by atoms with van der Waals surface area (Å²) in [6.45, 7) is 2.52. The molecular weight excluding hydrogens is 591 g/mol. The van der Waals surface area contributed by atoms with Crippen molar-refractivity contribution in [1.29, 1.82) is 0 Å². The van der Waals surface area contributed by atoms with Gasteiger partial charge < -0.3 is 30.1 Å². The minimum absolute atomic E-state index is 0.0216. The number of nitrogens with zero attached hydrogens (tertiary/aromatic N) is 2. The molecule has 2 aliphatic heterocycles. The average Bonchev–Trinajstić information content (AvgIpc) is 3.42. The van der Waals surface area contributed by atoms with E-state index in [0.29, 0.717) is 50.9 Å². The van der Waals surface area contributed by atoms with Gasteiger partial charge in [-0.25, -0.2) is 9.18 Å². The van der Waals surface area contributed by atoms with Crippen LogP contribution in [0.4, 0.5) is 14.9 Å². The number of urea groups is 1. The van der Waals surface area contributed by atoms with Crippen molar-refractivity contribution in [2.24, 2.45) is 5.92 Å². The van der Waals surface area contributed by atoms with E-state index < -0.39 is 35.7 Å². The van der Waals surface area contributed by atoms with Crippen molar-refractivity contribution in [1.82, 2.24) is 15.1 Å². The number of nitrogens with one attached hydrogen (secondary N) is 2. The number of aliphatic hydroxyl groups is 1. The molecular formula is C32H34ClFN4O6. The molecule has 5 rings (SSSR count). The third kappa shape index (κ3) is 6.00. The maximum absolute atomic E-state index is 15.5. The number of benzene rings is 3. The van der Waals surface area contributed by atoms with Crippen LogP contribution in [0.15, 0.2) is 48.5 Å². The molecule has 3 aromatic rings. The van der Waals surface area contributed by atoms with E-state index in [1.165, 1.54) is 32.2 Å². The van der Waals surface area contributed by atoms with Crippen LogP contribution in [0, 0.1) is 18.7 Å². The number of halogens is 2. The van der Waals surface area contributed by atoms with Gasteiger partial charge in [0.2, 0.25) is 11.8 Å². The van der Waals surface area contributed by atoms with Gasteiger partial charge in [0, 0.05) is 49.6 Å². The van der Waals surface area contributed by atoms with E-state index in [1.807, 2.05) is 25.1 Å². The largest absolute Gasteiger partial charge is 0.496 e. The summed E-state index contributed by atoms with van der Waals surface area (Å²) in [7, 11) is 4.35. The fraction of sp³-hybridized carbons (Fsp3) is 0.344. The van der Waals surface area contributed by atoms with Crippen LogP contribution in [0.5, 0.6) is 5.75 Å². The maximum Gasteiger partial charge on any atom is 0.326 e. The minimum atomic E-state index is -1.04. The number of aliphatic hydroxyl groups excluding tert-OH is 1. The second kappa shape index (κ2) is 12.9. The van der Waals surface area contributed by atoms with Crippen LogP contribution in [0.25, 0.3) is 22.3 Å². The first-order chi connectivity index (χ1) is 21.0. The third-order valence-electron chi connectivity index (χ3n) is 8.17. The zero-order valence-corrected chi connectivity index (χ0v) is 25.6. The SMILES string of the molecule is COc1cc(-c2cccc(-c3cccc(NC(=O)C4CN(C)C(=O)N(C)C4=O)c3C)c2Cl)cc(F)c1CN[C@H]1COC[C@H]1O. The highest BCUT2D eigenvalue weighted by atomic mass is 35.5. The highest BCUT2D eigenvalue weighted by Crippen LogP contribution is 2.41. The smallest absolute Gasteiger partial charge is 0.326 e. The Kier molecular flexibility index (Phi) is 9.21. The summed E-state index contributed by atoms with van der Waals surface area (Å²) < 4.78 is 26.2. The van der Waals surface area contributed by atoms with E-state index in [1.54, 1.807) is 24.3 Å². The van der Waals surface area contributed by atoms with E-state index in [0.717, 1.165) is 10.5 Å². The fourth-order valence-electron chi connectivity index (χ4n) is 5.55. The molecule has 3 N–H and O–H groups in total. The van der Waals surface area contributed by atoms with Crippen LogP contribution < -0.4 is 15.4 Å². The molecule has 2 fully saturated rings. The number of carbonyl (C=O) groups excluding carboxylic acids is 3. The van der Waals surface area contributed by atoms with Gasteiger partial charge in [-0.3, -0.25) is 14.5 Å². The Bertz CT molecular complexity index is 1620. The number of ether oxygens (including phenoxy) is 2. The van der Waals surface area contributed by atoms with Crippen molar-refractivity contribution in [3.63, 3.8) is 0 Å². The molecule has 232 valence electrons. The lowest BCUT2D eigenvalue weighted by Gasteiger charge is -2.33. The number of carbonyl (C=O) groups is 3. The Balaban J connectivity index is 1.42. The Morgan fingerprint density at radius 3 is 2.52 bits per heavy atom. The highest BCUT2D eigenvalue weighted by molar-refractivity contribution is 6.36. The molecule has 44 heavy (non-hydrogen) atoms. The van der Waals surface area contributed by atoms with Gasteiger partial charge in [-0.05, 0) is 41.8 Å². The van der Waals surface area contributed by atoms with Gasteiger partial charge in [-0.2, -0.15) is 0 Å². The molecule has 0 bridgehead atoms. The van der Waals surface area contributed by atoms with Gasteiger partial charge in [0.1, 0.15) is 17.5 Å². The summed E-state index contributed by atoms with van der Waals surface area (Å²) in [5.41, 5.74) is 4.02. The molecule has 0 aromatic heterocycles. The topological polar surface area (TPSA) is 120 Å². The van der Waals surface area contributed by atoms with Crippen LogP contribution >= 0.6 is 11.6 Å². The summed E-state index contributed by atoms with van der Waals surface area (Å²) in [6, 6.07) is 13.1. The predicted molar refractivity (Wildman–Crippen MR) is 164 cm³/mol. The second-order valence-corrected chi connectivity index (χ2v) is 11.4. The summed E-state index contributed by atoms with van der Waals surface area (Å²) in [5, 5.41) is 16.4. The monoisotopic (exact) mass is 624 g/mol. The van der Waals surface area contributed by atoms with Gasteiger partial charge in [-0.1, -0.05) is 41.9 Å². The van der Waals surface area contributed by atoms with Crippen LogP contribution in [-0.2, 0) is 20.9 Å². The fourth-order valence-corrected chi connectivity index (χ4v) is 5.88. The molecule has 3 aromatic carbocycles. The Morgan fingerprint density at radius 1 is 1.11 bits per heavy atom. The summed E-state index contributed by atoms with van der Waals surface area (Å²) in [5.74, 6) is -2.29. The molecule has 0 spiro atoms. The van der Waals surface area contributed by atoms with Gasteiger partial charge in [0.05, 0.1) is 37.5 Å². The molecule has 0 aliphatic carbocycles. The number of imide groups is 1. The zero-order chi connectivity index (χ0) is 31.7. The second-order valence-electron chi connectivity index (χ2n) is 11.0. The van der Waals surface area contributed by atoms with E-state index in [2.05, 4.69) is 10.6 Å². The molecule has 2 saturated heterocycles. The predicted octanol–water partition coefficient (Wildman–Crippen LogP) is 4.06. The first kappa shape index (κ1) is 31.4. The number of hydrogen-bond donors (Lipinski definition) is 3. The molecule has 0 radical (unpaired) electrons. The molecule has 12 heteroatoms. The van der Waals surface area contributed by atoms with E-state index in [-0.39, 0.29) is 25.7 Å². The van der Waals surface area contributed by atoms with Crippen molar-refractivity contribution in [3.05, 3.63) is 70.5 Å². The highest BCUT2D eigenvalue weighted by Gasteiger charge is 2.39. The number of hydrogen-bond acceptors (Lipinski definition) is 7. The number of anilines is 1. The van der Waals surface area contributed by atoms with Crippen molar-refractivity contribution in [2.75, 3.05) is 46.3 Å². The van der Waals surface area contributed by atoms with Crippen LogP contribution in [0.3, 0.4) is 0 Å². The molecule has 10 nitrogen and oxygen atoms in total. The lowest BCUT2D eigenvalue weighted by molar-refractivity contribution is -0.140. The van der Waals surface area contributed by atoms with E-state index in [4.69, 9.17) is 21.1 Å². The van der Waals surface area contributed by atoms with Gasteiger partial charge in [0.25, 0.3) is 0 Å². The summed E-state index contributed by atoms with van der Waals surface area (Å²) >= 11 is 6.95. The lowest BCUT2D eigenvalue weighted by Crippen LogP contribution is -2.56. The normalized spacial score (nSPS) is 20.3. The van der Waals surface area contributed by atoms with Gasteiger partial charge >= 0.3 is 6.03 Å². The first-order valence-corrected chi connectivity index (χ1v) is 14.5. The quantitative estimate of drug-likeness (QED) is 0.323. The first-order valence-electron chi connectivity index (χ1n) is 14.1. The number of methoxy groups -OCH3 is 1. The third-order valence-corrected chi connectivity index (χ3v) is 8.58. The molecule has 3 atom stereocenters. The average molecular weight is 625 g/mol.